The van der Waals surface area contributed by atoms with Gasteiger partial charge in [0.2, 0.25) is 0 Å². The summed E-state index contributed by atoms with van der Waals surface area (Å²) in [7, 11) is 0. The Morgan fingerprint density at radius 1 is 0.571 bits per heavy atom. The molecule has 0 N–H and O–H groups in total. The summed E-state index contributed by atoms with van der Waals surface area (Å²) < 4.78 is 11.0. The zero-order valence-electron chi connectivity index (χ0n) is 26.1. The van der Waals surface area contributed by atoms with Crippen molar-refractivity contribution in [1.82, 2.24) is 9.13 Å². The van der Waals surface area contributed by atoms with Gasteiger partial charge >= 0.3 is 0 Å². The van der Waals surface area contributed by atoms with Gasteiger partial charge in [0.25, 0.3) is 0 Å². The van der Waals surface area contributed by atoms with Crippen LogP contribution in [-0.2, 0) is 0 Å². The molecule has 0 radical (unpaired) electrons. The molecule has 0 spiro atoms. The number of aromatic nitrogens is 2. The smallest absolute Gasteiger partial charge is 0.189 e. The van der Waals surface area contributed by atoms with E-state index in [1.165, 1.54) is 0 Å². The first kappa shape index (κ1) is 27.1. The highest BCUT2D eigenvalue weighted by molar-refractivity contribution is 6.24. The Labute approximate surface area is 280 Å². The normalized spacial score (nSPS) is 11.6. The second-order valence-electron chi connectivity index (χ2n) is 12.3. The number of nitrogens with zero attached hydrogens (tertiary/aromatic N) is 4. The lowest BCUT2D eigenvalue weighted by Gasteiger charge is -2.17. The minimum atomic E-state index is 0.522. The summed E-state index contributed by atoms with van der Waals surface area (Å²) >= 11 is 0. The monoisotopic (exact) mass is 624 g/mol. The predicted octanol–water partition coefficient (Wildman–Crippen LogP) is 11.9. The van der Waals surface area contributed by atoms with E-state index < -0.39 is 0 Å². The lowest BCUT2D eigenvalue weighted by molar-refractivity contribution is 0.673. The summed E-state index contributed by atoms with van der Waals surface area (Å²) in [5.41, 5.74) is 10.2. The minimum Gasteiger partial charge on any atom is -0.455 e. The van der Waals surface area contributed by atoms with Gasteiger partial charge in [-0.1, -0.05) is 84.9 Å². The van der Waals surface area contributed by atoms with Gasteiger partial charge in [0, 0.05) is 38.2 Å². The standard InChI is InChI=1S/C44H24N4O/c1-46-29-23-28(24-30(25-29)47-37-17-6-2-12-32(37)33-13-3-7-18-38(33)47)31-16-10-11-27(26-45)43(31)48-39-19-8-4-15-36(39)42-40(48)22-21-35-34-14-5-9-20-41(34)49-44(35)42/h2-25H. The molecule has 0 fully saturated rings. The molecule has 0 amide bonds. The molecular weight excluding hydrogens is 601 g/mol. The summed E-state index contributed by atoms with van der Waals surface area (Å²) in [5.74, 6) is 0. The van der Waals surface area contributed by atoms with Crippen molar-refractivity contribution in [3.05, 3.63) is 163 Å². The predicted molar refractivity (Wildman–Crippen MR) is 199 cm³/mol. The first-order valence-corrected chi connectivity index (χ1v) is 16.1. The molecular formula is C44H24N4O. The molecule has 10 aromatic rings. The highest BCUT2D eigenvalue weighted by Crippen LogP contribution is 2.44. The van der Waals surface area contributed by atoms with Gasteiger partial charge in [-0.05, 0) is 66.2 Å². The summed E-state index contributed by atoms with van der Waals surface area (Å²) in [6.45, 7) is 8.11. The Bertz CT molecular complexity index is 3030. The van der Waals surface area contributed by atoms with Crippen LogP contribution < -0.4 is 0 Å². The number of nitriles is 1. The van der Waals surface area contributed by atoms with E-state index in [-0.39, 0.29) is 0 Å². The quantitative estimate of drug-likeness (QED) is 0.184. The number of furan rings is 1. The molecule has 3 heterocycles. The molecule has 3 aromatic heterocycles. The summed E-state index contributed by atoms with van der Waals surface area (Å²) in [6.07, 6.45) is 0. The molecule has 226 valence electrons. The SMILES string of the molecule is [C-]#[N+]c1cc(-c2cccc(C#N)c2-n2c3ccccc3c3c4oc5ccccc5c4ccc32)cc(-n2c3ccccc3c3ccccc32)c1. The van der Waals surface area contributed by atoms with Gasteiger partial charge in [-0.2, -0.15) is 5.26 Å². The van der Waals surface area contributed by atoms with Crippen molar-refractivity contribution >= 4 is 71.2 Å². The largest absolute Gasteiger partial charge is 0.455 e. The molecule has 5 nitrogen and oxygen atoms in total. The van der Waals surface area contributed by atoms with E-state index in [1.54, 1.807) is 0 Å². The molecule has 0 aliphatic heterocycles. The Hall–Kier alpha value is -7.08. The molecule has 0 atom stereocenters. The van der Waals surface area contributed by atoms with Crippen LogP contribution in [0.1, 0.15) is 5.56 Å². The van der Waals surface area contributed by atoms with E-state index in [1.807, 2.05) is 66.7 Å². The first-order valence-electron chi connectivity index (χ1n) is 16.1. The maximum atomic E-state index is 10.6. The molecule has 7 aromatic carbocycles. The third-order valence-corrected chi connectivity index (χ3v) is 9.74. The van der Waals surface area contributed by atoms with Gasteiger partial charge in [-0.3, -0.25) is 0 Å². The van der Waals surface area contributed by atoms with Crippen LogP contribution in [-0.4, -0.2) is 9.13 Å². The Balaban J connectivity index is 1.30. The van der Waals surface area contributed by atoms with E-state index >= 15 is 0 Å². The van der Waals surface area contributed by atoms with Crippen molar-refractivity contribution in [1.29, 1.82) is 5.26 Å². The van der Waals surface area contributed by atoms with Gasteiger partial charge < -0.3 is 13.6 Å². The van der Waals surface area contributed by atoms with Gasteiger partial charge in [-0.15, -0.1) is 0 Å². The highest BCUT2D eigenvalue weighted by Gasteiger charge is 2.23. The van der Waals surface area contributed by atoms with Crippen LogP contribution in [0.3, 0.4) is 0 Å². The van der Waals surface area contributed by atoms with Crippen molar-refractivity contribution in [3.8, 4) is 28.6 Å². The zero-order chi connectivity index (χ0) is 32.6. The molecule has 49 heavy (non-hydrogen) atoms. The number of hydrogen-bond donors (Lipinski definition) is 0. The van der Waals surface area contributed by atoms with Gasteiger partial charge in [-0.25, -0.2) is 4.85 Å². The van der Waals surface area contributed by atoms with Crippen LogP contribution in [0.2, 0.25) is 0 Å². The van der Waals surface area contributed by atoms with Crippen molar-refractivity contribution in [2.24, 2.45) is 0 Å². The second kappa shape index (κ2) is 10.2. The summed E-state index contributed by atoms with van der Waals surface area (Å²) in [5, 5.41) is 17.1. The highest BCUT2D eigenvalue weighted by atomic mass is 16.3. The van der Waals surface area contributed by atoms with Crippen LogP contribution in [0, 0.1) is 17.9 Å². The molecule has 0 bridgehead atoms. The van der Waals surface area contributed by atoms with E-state index in [4.69, 9.17) is 11.0 Å². The average molecular weight is 625 g/mol. The number of para-hydroxylation sites is 5. The van der Waals surface area contributed by atoms with Crippen LogP contribution in [0.5, 0.6) is 0 Å². The molecule has 5 heteroatoms. The van der Waals surface area contributed by atoms with E-state index in [0.29, 0.717) is 11.3 Å². The van der Waals surface area contributed by atoms with Crippen LogP contribution in [0.15, 0.2) is 150 Å². The first-order chi connectivity index (χ1) is 24.2. The van der Waals surface area contributed by atoms with Crippen LogP contribution in [0.4, 0.5) is 5.69 Å². The van der Waals surface area contributed by atoms with Crippen molar-refractivity contribution in [2.75, 3.05) is 0 Å². The fraction of sp³-hybridized carbons (Fsp3) is 0. The Morgan fingerprint density at radius 3 is 1.94 bits per heavy atom. The molecule has 10 rings (SSSR count). The van der Waals surface area contributed by atoms with Crippen LogP contribution >= 0.6 is 0 Å². The topological polar surface area (TPSA) is 51.1 Å². The Morgan fingerprint density at radius 2 is 1.22 bits per heavy atom. The van der Waals surface area contributed by atoms with Crippen molar-refractivity contribution in [2.45, 2.75) is 0 Å². The van der Waals surface area contributed by atoms with Gasteiger partial charge in [0.05, 0.1) is 45.3 Å². The Kier molecular flexibility index (Phi) is 5.64. The molecule has 0 aliphatic carbocycles. The number of hydrogen-bond acceptors (Lipinski definition) is 2. The average Bonchev–Trinajstić information content (AvgIpc) is 3.82. The fourth-order valence-corrected chi connectivity index (χ4v) is 7.73. The third-order valence-electron chi connectivity index (χ3n) is 9.74. The third kappa shape index (κ3) is 3.79. The molecule has 0 unspecified atom stereocenters. The second-order valence-corrected chi connectivity index (χ2v) is 12.3. The molecule has 0 saturated carbocycles. The van der Waals surface area contributed by atoms with E-state index in [0.717, 1.165) is 88.1 Å². The summed E-state index contributed by atoms with van der Waals surface area (Å²) in [6, 6.07) is 51.8. The van der Waals surface area contributed by atoms with E-state index in [9.17, 15) is 5.26 Å². The number of benzene rings is 7. The van der Waals surface area contributed by atoms with Crippen molar-refractivity contribution < 1.29 is 4.42 Å². The number of rotatable bonds is 3. The number of fused-ring (bicyclic) bond motifs is 10. The maximum Gasteiger partial charge on any atom is 0.189 e. The van der Waals surface area contributed by atoms with Crippen molar-refractivity contribution in [3.63, 3.8) is 0 Å². The molecule has 0 aliphatic rings. The van der Waals surface area contributed by atoms with E-state index in [2.05, 4.69) is 98.9 Å². The fourth-order valence-electron chi connectivity index (χ4n) is 7.73. The summed E-state index contributed by atoms with van der Waals surface area (Å²) in [4.78, 5) is 3.93. The minimum absolute atomic E-state index is 0.522. The lowest BCUT2D eigenvalue weighted by atomic mass is 9.98. The van der Waals surface area contributed by atoms with Crippen LogP contribution in [0.25, 0.3) is 92.9 Å². The maximum absolute atomic E-state index is 10.6. The van der Waals surface area contributed by atoms with Gasteiger partial charge in [0.1, 0.15) is 17.2 Å². The molecule has 0 saturated heterocycles. The zero-order valence-corrected chi connectivity index (χ0v) is 26.1. The lowest BCUT2D eigenvalue weighted by Crippen LogP contribution is -2.01. The van der Waals surface area contributed by atoms with Gasteiger partial charge in [0.15, 0.2) is 5.69 Å².